The van der Waals surface area contributed by atoms with Gasteiger partial charge in [-0.3, -0.25) is 4.98 Å². The molecule has 30 heavy (non-hydrogen) atoms. The lowest BCUT2D eigenvalue weighted by atomic mass is 10.1. The van der Waals surface area contributed by atoms with Crippen molar-refractivity contribution in [3.63, 3.8) is 0 Å². The molecule has 0 aliphatic rings. The first kappa shape index (κ1) is 19.4. The van der Waals surface area contributed by atoms with E-state index in [1.54, 1.807) is 26.6 Å². The molecule has 0 saturated heterocycles. The topological polar surface area (TPSA) is 84.1 Å². The van der Waals surface area contributed by atoms with Crippen LogP contribution in [0.2, 0.25) is 0 Å². The molecular weight excluding hydrogens is 382 g/mol. The number of aryl methyl sites for hydroxylation is 2. The largest absolute Gasteiger partial charge is 0.496 e. The van der Waals surface area contributed by atoms with Crippen LogP contribution in [0.4, 0.5) is 0 Å². The number of hydrogen-bond donors (Lipinski definition) is 0. The van der Waals surface area contributed by atoms with Gasteiger partial charge in [0, 0.05) is 29.9 Å². The third-order valence-corrected chi connectivity index (χ3v) is 4.85. The average molecular weight is 403 g/mol. The number of ether oxygens (including phenoxy) is 2. The summed E-state index contributed by atoms with van der Waals surface area (Å²) < 4.78 is 14.0. The summed E-state index contributed by atoms with van der Waals surface area (Å²) in [5, 5.41) is 7.75. The molecule has 0 unspecified atom stereocenters. The minimum Gasteiger partial charge on any atom is -0.496 e. The van der Waals surface area contributed by atoms with Crippen LogP contribution in [0, 0.1) is 6.92 Å². The Hall–Kier alpha value is -3.94. The van der Waals surface area contributed by atoms with Crippen LogP contribution in [0.5, 0.6) is 11.5 Å². The molecule has 0 fully saturated rings. The van der Waals surface area contributed by atoms with Crippen LogP contribution < -0.4 is 15.2 Å². The predicted molar refractivity (Wildman–Crippen MR) is 112 cm³/mol. The molecule has 0 N–H and O–H groups in total. The highest BCUT2D eigenvalue weighted by atomic mass is 16.5. The quantitative estimate of drug-likeness (QED) is 0.492. The second kappa shape index (κ2) is 8.20. The first-order chi connectivity index (χ1) is 14.6. The van der Waals surface area contributed by atoms with Gasteiger partial charge in [0.2, 0.25) is 0 Å². The molecule has 152 valence electrons. The molecule has 0 aliphatic heterocycles. The molecule has 8 nitrogen and oxygen atoms in total. The molecule has 0 atom stereocenters. The molecule has 2 aromatic carbocycles. The maximum Gasteiger partial charge on any atom is 0.368 e. The van der Waals surface area contributed by atoms with Gasteiger partial charge in [-0.1, -0.05) is 30.3 Å². The van der Waals surface area contributed by atoms with Crippen molar-refractivity contribution in [3.05, 3.63) is 82.5 Å². The second-order valence-corrected chi connectivity index (χ2v) is 6.77. The van der Waals surface area contributed by atoms with E-state index in [1.165, 1.54) is 9.36 Å². The monoisotopic (exact) mass is 403 g/mol. The van der Waals surface area contributed by atoms with Gasteiger partial charge in [-0.05, 0) is 41.1 Å². The summed E-state index contributed by atoms with van der Waals surface area (Å²) in [5.41, 5.74) is 3.98. The van der Waals surface area contributed by atoms with Crippen molar-refractivity contribution in [1.29, 1.82) is 0 Å². The maximum atomic E-state index is 12.3. The molecule has 0 radical (unpaired) electrons. The van der Waals surface area contributed by atoms with Crippen LogP contribution in [0.15, 0.2) is 65.7 Å². The zero-order valence-corrected chi connectivity index (χ0v) is 16.9. The molecule has 8 heteroatoms. The van der Waals surface area contributed by atoms with Gasteiger partial charge >= 0.3 is 5.69 Å². The Morgan fingerprint density at radius 1 is 1.03 bits per heavy atom. The zero-order valence-electron chi connectivity index (χ0n) is 16.9. The number of rotatable bonds is 6. The first-order valence-electron chi connectivity index (χ1n) is 9.37. The van der Waals surface area contributed by atoms with Crippen molar-refractivity contribution in [1.82, 2.24) is 24.8 Å². The van der Waals surface area contributed by atoms with Crippen molar-refractivity contribution < 1.29 is 9.47 Å². The van der Waals surface area contributed by atoms with Crippen LogP contribution in [0.25, 0.3) is 16.8 Å². The fourth-order valence-corrected chi connectivity index (χ4v) is 3.22. The Balaban J connectivity index is 1.64. The van der Waals surface area contributed by atoms with Gasteiger partial charge in [0.15, 0.2) is 0 Å². The molecule has 2 aromatic heterocycles. The molecule has 0 spiro atoms. The zero-order chi connectivity index (χ0) is 21.1. The highest BCUT2D eigenvalue weighted by Crippen LogP contribution is 2.31. The SMILES string of the molecule is COc1ccccc1-c1cncc(OCc2c(C)cccc2-n2nnn(C)c2=O)c1. The van der Waals surface area contributed by atoms with E-state index in [4.69, 9.17) is 9.47 Å². The van der Waals surface area contributed by atoms with Crippen molar-refractivity contribution in [2.45, 2.75) is 13.5 Å². The van der Waals surface area contributed by atoms with Crippen LogP contribution in [0.3, 0.4) is 0 Å². The fourth-order valence-electron chi connectivity index (χ4n) is 3.22. The Kier molecular flexibility index (Phi) is 5.30. The Labute approximate surface area is 173 Å². The summed E-state index contributed by atoms with van der Waals surface area (Å²) in [6.07, 6.45) is 3.42. The number of benzene rings is 2. The van der Waals surface area contributed by atoms with Gasteiger partial charge in [0.1, 0.15) is 18.1 Å². The molecule has 0 aliphatic carbocycles. The minimum atomic E-state index is -0.318. The lowest BCUT2D eigenvalue weighted by Crippen LogP contribution is -2.23. The lowest BCUT2D eigenvalue weighted by molar-refractivity contribution is 0.303. The summed E-state index contributed by atoms with van der Waals surface area (Å²) in [5.74, 6) is 1.37. The standard InChI is InChI=1S/C22H21N5O3/c1-15-7-6-9-20(27-22(28)26(2)24-25-27)19(15)14-30-17-11-16(12-23-13-17)18-8-4-5-10-21(18)29-3/h4-13H,14H2,1-3H3. The second-order valence-electron chi connectivity index (χ2n) is 6.77. The van der Waals surface area contributed by atoms with Gasteiger partial charge in [0.25, 0.3) is 0 Å². The van der Waals surface area contributed by atoms with E-state index in [0.717, 1.165) is 28.0 Å². The number of para-hydroxylation sites is 1. The maximum absolute atomic E-state index is 12.3. The van der Waals surface area contributed by atoms with Gasteiger partial charge in [-0.15, -0.1) is 0 Å². The van der Waals surface area contributed by atoms with E-state index in [0.29, 0.717) is 11.4 Å². The molecule has 4 aromatic rings. The van der Waals surface area contributed by atoms with Gasteiger partial charge in [-0.2, -0.15) is 9.36 Å². The van der Waals surface area contributed by atoms with Gasteiger partial charge < -0.3 is 9.47 Å². The van der Waals surface area contributed by atoms with E-state index >= 15 is 0 Å². The van der Waals surface area contributed by atoms with Crippen molar-refractivity contribution >= 4 is 0 Å². The summed E-state index contributed by atoms with van der Waals surface area (Å²) >= 11 is 0. The summed E-state index contributed by atoms with van der Waals surface area (Å²) in [7, 11) is 3.20. The number of tetrazole rings is 1. The third kappa shape index (κ3) is 3.67. The van der Waals surface area contributed by atoms with E-state index < -0.39 is 0 Å². The Morgan fingerprint density at radius 2 is 1.87 bits per heavy atom. The van der Waals surface area contributed by atoms with Crippen LogP contribution in [-0.4, -0.2) is 31.9 Å². The summed E-state index contributed by atoms with van der Waals surface area (Å²) in [4.78, 5) is 16.6. The normalized spacial score (nSPS) is 10.8. The van der Waals surface area contributed by atoms with E-state index in [1.807, 2.05) is 55.5 Å². The van der Waals surface area contributed by atoms with E-state index in [-0.39, 0.29) is 12.3 Å². The van der Waals surface area contributed by atoms with Crippen molar-refractivity contribution in [3.8, 4) is 28.3 Å². The molecule has 2 heterocycles. The Morgan fingerprint density at radius 3 is 2.63 bits per heavy atom. The fraction of sp³-hybridized carbons (Fsp3) is 0.182. The molecule has 4 rings (SSSR count). The van der Waals surface area contributed by atoms with E-state index in [9.17, 15) is 4.79 Å². The smallest absolute Gasteiger partial charge is 0.368 e. The van der Waals surface area contributed by atoms with E-state index in [2.05, 4.69) is 15.4 Å². The first-order valence-corrected chi connectivity index (χ1v) is 9.37. The Bertz CT molecular complexity index is 1250. The molecule has 0 saturated carbocycles. The number of aromatic nitrogens is 5. The lowest BCUT2D eigenvalue weighted by Gasteiger charge is -2.14. The van der Waals surface area contributed by atoms with Gasteiger partial charge in [-0.25, -0.2) is 4.79 Å². The minimum absolute atomic E-state index is 0.252. The number of hydrogen-bond acceptors (Lipinski definition) is 6. The number of pyridine rings is 1. The van der Waals surface area contributed by atoms with Crippen molar-refractivity contribution in [2.75, 3.05) is 7.11 Å². The highest BCUT2D eigenvalue weighted by molar-refractivity contribution is 5.70. The van der Waals surface area contributed by atoms with Gasteiger partial charge in [0.05, 0.1) is 19.0 Å². The average Bonchev–Trinajstić information content (AvgIpc) is 3.11. The van der Waals surface area contributed by atoms with Crippen molar-refractivity contribution in [2.24, 2.45) is 7.05 Å². The summed E-state index contributed by atoms with van der Waals surface area (Å²) in [6, 6.07) is 15.3. The predicted octanol–water partition coefficient (Wildman–Crippen LogP) is 2.92. The third-order valence-electron chi connectivity index (χ3n) is 4.85. The molecule has 0 amide bonds. The van der Waals surface area contributed by atoms with Crippen LogP contribution in [-0.2, 0) is 13.7 Å². The van der Waals surface area contributed by atoms with Crippen LogP contribution in [0.1, 0.15) is 11.1 Å². The number of nitrogens with zero attached hydrogens (tertiary/aromatic N) is 5. The highest BCUT2D eigenvalue weighted by Gasteiger charge is 2.14. The molecular formula is C22H21N5O3. The van der Waals surface area contributed by atoms with Crippen LogP contribution >= 0.6 is 0 Å². The summed E-state index contributed by atoms with van der Waals surface area (Å²) in [6.45, 7) is 2.22. The molecule has 0 bridgehead atoms. The number of methoxy groups -OCH3 is 1.